The maximum atomic E-state index is 14.0. The molecular formula is C15H13BrF3N. The van der Waals surface area contributed by atoms with E-state index >= 15 is 0 Å². The second-order valence-electron chi connectivity index (χ2n) is 4.44. The Bertz CT molecular complexity index is 643. The summed E-state index contributed by atoms with van der Waals surface area (Å²) in [5.41, 5.74) is 1.79. The molecule has 0 aliphatic carbocycles. The Hall–Kier alpha value is -1.33. The lowest BCUT2D eigenvalue weighted by atomic mass is 9.94. The molecule has 1 nitrogen and oxygen atoms in total. The molecule has 0 aliphatic heterocycles. The first-order valence-corrected chi connectivity index (χ1v) is 6.82. The Labute approximate surface area is 123 Å². The van der Waals surface area contributed by atoms with Gasteiger partial charge in [-0.25, -0.2) is 13.2 Å². The van der Waals surface area contributed by atoms with Gasteiger partial charge in [0.2, 0.25) is 0 Å². The maximum absolute atomic E-state index is 14.0. The molecule has 1 unspecified atom stereocenters. The number of hydrogen-bond donors (Lipinski definition) is 1. The largest absolute Gasteiger partial charge is 0.309 e. The molecule has 106 valence electrons. The molecule has 2 rings (SSSR count). The highest BCUT2D eigenvalue weighted by Gasteiger charge is 2.22. The van der Waals surface area contributed by atoms with E-state index < -0.39 is 23.5 Å². The molecule has 0 radical (unpaired) electrons. The van der Waals surface area contributed by atoms with Gasteiger partial charge in [-0.3, -0.25) is 0 Å². The van der Waals surface area contributed by atoms with E-state index in [0.29, 0.717) is 0 Å². The molecule has 0 aromatic heterocycles. The summed E-state index contributed by atoms with van der Waals surface area (Å²) in [4.78, 5) is 0. The van der Waals surface area contributed by atoms with Crippen molar-refractivity contribution < 1.29 is 13.2 Å². The van der Waals surface area contributed by atoms with Crippen molar-refractivity contribution >= 4 is 15.9 Å². The third-order valence-corrected chi connectivity index (χ3v) is 4.14. The number of benzene rings is 2. The highest BCUT2D eigenvalue weighted by molar-refractivity contribution is 9.10. The van der Waals surface area contributed by atoms with Crippen LogP contribution in [0.1, 0.15) is 22.7 Å². The molecule has 0 aliphatic rings. The zero-order valence-electron chi connectivity index (χ0n) is 11.0. The fraction of sp³-hybridized carbons (Fsp3) is 0.200. The Morgan fingerprint density at radius 3 is 2.35 bits per heavy atom. The zero-order chi connectivity index (χ0) is 14.9. The molecule has 5 heteroatoms. The average molecular weight is 344 g/mol. The summed E-state index contributed by atoms with van der Waals surface area (Å²) in [6.07, 6.45) is 0. The number of nitrogens with one attached hydrogen (secondary N) is 1. The minimum Gasteiger partial charge on any atom is -0.309 e. The van der Waals surface area contributed by atoms with E-state index in [1.165, 1.54) is 6.07 Å². The normalized spacial score (nSPS) is 12.5. The van der Waals surface area contributed by atoms with Gasteiger partial charge in [0.15, 0.2) is 17.5 Å². The van der Waals surface area contributed by atoms with Crippen molar-refractivity contribution in [1.29, 1.82) is 0 Å². The van der Waals surface area contributed by atoms with Gasteiger partial charge in [0, 0.05) is 10.0 Å². The van der Waals surface area contributed by atoms with Crippen molar-refractivity contribution in [3.05, 3.63) is 68.9 Å². The topological polar surface area (TPSA) is 12.0 Å². The van der Waals surface area contributed by atoms with Crippen LogP contribution in [0.15, 0.2) is 34.8 Å². The maximum Gasteiger partial charge on any atom is 0.194 e. The summed E-state index contributed by atoms with van der Waals surface area (Å²) in [6, 6.07) is 7.15. The summed E-state index contributed by atoms with van der Waals surface area (Å²) >= 11 is 3.41. The van der Waals surface area contributed by atoms with E-state index in [1.807, 2.05) is 25.1 Å². The van der Waals surface area contributed by atoms with Gasteiger partial charge >= 0.3 is 0 Å². The minimum atomic E-state index is -1.45. The number of halogens is 4. The summed E-state index contributed by atoms with van der Waals surface area (Å²) in [6.45, 7) is 1.88. The molecular weight excluding hydrogens is 331 g/mol. The summed E-state index contributed by atoms with van der Waals surface area (Å²) in [5, 5.41) is 2.94. The van der Waals surface area contributed by atoms with Crippen molar-refractivity contribution in [3.8, 4) is 0 Å². The molecule has 0 fully saturated rings. The third-order valence-electron chi connectivity index (χ3n) is 3.29. The van der Waals surface area contributed by atoms with Crippen LogP contribution >= 0.6 is 15.9 Å². The fourth-order valence-corrected chi connectivity index (χ4v) is 2.56. The Kier molecular flexibility index (Phi) is 4.50. The molecule has 0 spiro atoms. The average Bonchev–Trinajstić information content (AvgIpc) is 2.44. The number of hydrogen-bond acceptors (Lipinski definition) is 1. The van der Waals surface area contributed by atoms with Gasteiger partial charge < -0.3 is 5.32 Å². The molecule has 1 atom stereocenters. The van der Waals surface area contributed by atoms with Crippen molar-refractivity contribution in [2.45, 2.75) is 13.0 Å². The van der Waals surface area contributed by atoms with Crippen LogP contribution in [0.2, 0.25) is 0 Å². The Balaban J connectivity index is 2.59. The van der Waals surface area contributed by atoms with E-state index in [2.05, 4.69) is 21.2 Å². The Morgan fingerprint density at radius 1 is 1.00 bits per heavy atom. The van der Waals surface area contributed by atoms with Gasteiger partial charge in [-0.15, -0.1) is 0 Å². The second-order valence-corrected chi connectivity index (χ2v) is 5.29. The molecule has 1 N–H and O–H groups in total. The highest BCUT2D eigenvalue weighted by atomic mass is 79.9. The molecule has 0 heterocycles. The predicted octanol–water partition coefficient (Wildman–Crippen LogP) is 4.48. The summed E-state index contributed by atoms with van der Waals surface area (Å²) < 4.78 is 41.3. The van der Waals surface area contributed by atoms with E-state index in [9.17, 15) is 13.2 Å². The van der Waals surface area contributed by atoms with Crippen LogP contribution in [-0.2, 0) is 0 Å². The van der Waals surface area contributed by atoms with Crippen LogP contribution in [0.4, 0.5) is 13.2 Å². The first kappa shape index (κ1) is 15.1. The van der Waals surface area contributed by atoms with Gasteiger partial charge in [-0.2, -0.15) is 0 Å². The molecule has 0 amide bonds. The zero-order valence-corrected chi connectivity index (χ0v) is 12.6. The first-order valence-electron chi connectivity index (χ1n) is 6.03. The molecule has 0 saturated carbocycles. The summed E-state index contributed by atoms with van der Waals surface area (Å²) in [7, 11) is 1.64. The van der Waals surface area contributed by atoms with E-state index in [4.69, 9.17) is 0 Å². The van der Waals surface area contributed by atoms with Crippen LogP contribution in [0.25, 0.3) is 0 Å². The van der Waals surface area contributed by atoms with Crippen LogP contribution < -0.4 is 5.32 Å². The molecule has 20 heavy (non-hydrogen) atoms. The highest BCUT2D eigenvalue weighted by Crippen LogP contribution is 2.31. The van der Waals surface area contributed by atoms with Gasteiger partial charge in [0.25, 0.3) is 0 Å². The van der Waals surface area contributed by atoms with E-state index in [-0.39, 0.29) is 5.56 Å². The van der Waals surface area contributed by atoms with Crippen molar-refractivity contribution in [1.82, 2.24) is 5.32 Å². The smallest absolute Gasteiger partial charge is 0.194 e. The quantitative estimate of drug-likeness (QED) is 0.810. The van der Waals surface area contributed by atoms with Gasteiger partial charge in [0.1, 0.15) is 0 Å². The lowest BCUT2D eigenvalue weighted by Gasteiger charge is -2.21. The van der Waals surface area contributed by atoms with Crippen molar-refractivity contribution in [3.63, 3.8) is 0 Å². The van der Waals surface area contributed by atoms with E-state index in [0.717, 1.165) is 21.7 Å². The predicted molar refractivity (Wildman–Crippen MR) is 76.1 cm³/mol. The minimum absolute atomic E-state index is 0.0765. The van der Waals surface area contributed by atoms with Crippen LogP contribution in [0, 0.1) is 24.4 Å². The monoisotopic (exact) mass is 343 g/mol. The van der Waals surface area contributed by atoms with Crippen LogP contribution in [0.3, 0.4) is 0 Å². The standard InChI is InChI=1S/C15H13BrF3N/c1-8-9(4-3-5-11(8)16)15(20-2)10-6-7-12(17)14(19)13(10)18/h3-7,15,20H,1-2H3. The van der Waals surface area contributed by atoms with Crippen molar-refractivity contribution in [2.24, 2.45) is 0 Å². The fourth-order valence-electron chi connectivity index (χ4n) is 2.18. The first-order chi connectivity index (χ1) is 9.47. The van der Waals surface area contributed by atoms with Crippen molar-refractivity contribution in [2.75, 3.05) is 7.05 Å². The Morgan fingerprint density at radius 2 is 1.70 bits per heavy atom. The lowest BCUT2D eigenvalue weighted by molar-refractivity contribution is 0.435. The van der Waals surface area contributed by atoms with Gasteiger partial charge in [-0.05, 0) is 37.2 Å². The SMILES string of the molecule is CNC(c1cccc(Br)c1C)c1ccc(F)c(F)c1F. The van der Waals surface area contributed by atoms with Gasteiger partial charge in [0.05, 0.1) is 6.04 Å². The lowest BCUT2D eigenvalue weighted by Crippen LogP contribution is -2.20. The molecule has 2 aromatic carbocycles. The molecule has 0 bridgehead atoms. The third kappa shape index (κ3) is 2.60. The summed E-state index contributed by atoms with van der Waals surface area (Å²) in [5.74, 6) is -3.80. The van der Waals surface area contributed by atoms with E-state index in [1.54, 1.807) is 7.05 Å². The van der Waals surface area contributed by atoms with Gasteiger partial charge in [-0.1, -0.05) is 34.1 Å². The molecule has 2 aromatic rings. The van der Waals surface area contributed by atoms with Crippen LogP contribution in [0.5, 0.6) is 0 Å². The number of rotatable bonds is 3. The second kappa shape index (κ2) is 5.97. The van der Waals surface area contributed by atoms with Crippen LogP contribution in [-0.4, -0.2) is 7.05 Å². The molecule has 0 saturated heterocycles.